The predicted octanol–water partition coefficient (Wildman–Crippen LogP) is 5.25. The lowest BCUT2D eigenvalue weighted by molar-refractivity contribution is -0.0567. The van der Waals surface area contributed by atoms with Gasteiger partial charge in [-0.25, -0.2) is 14.4 Å². The van der Waals surface area contributed by atoms with Gasteiger partial charge < -0.3 is 19.5 Å². The number of pyridine rings is 1. The van der Waals surface area contributed by atoms with E-state index in [-0.39, 0.29) is 24.6 Å². The second kappa shape index (κ2) is 13.4. The van der Waals surface area contributed by atoms with Crippen molar-refractivity contribution in [2.24, 2.45) is 0 Å². The van der Waals surface area contributed by atoms with Crippen LogP contribution in [0.4, 0.5) is 4.39 Å². The van der Waals surface area contributed by atoms with Gasteiger partial charge in [0, 0.05) is 24.4 Å². The summed E-state index contributed by atoms with van der Waals surface area (Å²) in [6.45, 7) is 8.35. The number of halogens is 1. The SMILES string of the molecule is CC.COc1ccc(-c2cc(F)ccc2CNC(=O)c2nc3n(c(=O)c2OCc2ccccc2)CCOC3(C)C)cn1. The minimum absolute atomic E-state index is 0.0403. The van der Waals surface area contributed by atoms with E-state index in [1.54, 1.807) is 38.2 Å². The molecular weight excluding hydrogens is 539 g/mol. The third kappa shape index (κ3) is 6.66. The van der Waals surface area contributed by atoms with E-state index in [0.29, 0.717) is 41.5 Å². The van der Waals surface area contributed by atoms with E-state index >= 15 is 0 Å². The quantitative estimate of drug-likeness (QED) is 0.306. The van der Waals surface area contributed by atoms with E-state index in [0.717, 1.165) is 5.56 Å². The van der Waals surface area contributed by atoms with Gasteiger partial charge in [-0.05, 0) is 48.7 Å². The fourth-order valence-corrected chi connectivity index (χ4v) is 4.57. The van der Waals surface area contributed by atoms with E-state index in [9.17, 15) is 14.0 Å². The number of rotatable bonds is 8. The van der Waals surface area contributed by atoms with Crippen molar-refractivity contribution in [1.82, 2.24) is 19.9 Å². The summed E-state index contributed by atoms with van der Waals surface area (Å²) in [6, 6.07) is 17.1. The number of amides is 1. The third-order valence-electron chi connectivity index (χ3n) is 6.65. The molecule has 5 rings (SSSR count). The number of nitrogens with zero attached hydrogens (tertiary/aromatic N) is 3. The van der Waals surface area contributed by atoms with Gasteiger partial charge in [-0.3, -0.25) is 14.2 Å². The number of methoxy groups -OCH3 is 1. The molecule has 0 spiro atoms. The molecule has 0 atom stereocenters. The lowest BCUT2D eigenvalue weighted by atomic mass is 10.0. The van der Waals surface area contributed by atoms with Crippen LogP contribution in [0.1, 0.15) is 55.1 Å². The van der Waals surface area contributed by atoms with E-state index in [1.807, 2.05) is 44.2 Å². The van der Waals surface area contributed by atoms with Gasteiger partial charge in [0.1, 0.15) is 23.8 Å². The van der Waals surface area contributed by atoms with E-state index in [4.69, 9.17) is 14.2 Å². The van der Waals surface area contributed by atoms with Crippen LogP contribution in [0.15, 0.2) is 71.7 Å². The van der Waals surface area contributed by atoms with Gasteiger partial charge >= 0.3 is 0 Å². The van der Waals surface area contributed by atoms with Gasteiger partial charge in [-0.15, -0.1) is 0 Å². The number of hydrogen-bond acceptors (Lipinski definition) is 7. The largest absolute Gasteiger partial charge is 0.481 e. The maximum Gasteiger partial charge on any atom is 0.296 e. The van der Waals surface area contributed by atoms with Crippen LogP contribution in [0.2, 0.25) is 0 Å². The van der Waals surface area contributed by atoms with Crippen molar-refractivity contribution in [1.29, 1.82) is 0 Å². The molecule has 1 amide bonds. The number of benzene rings is 2. The van der Waals surface area contributed by atoms with E-state index < -0.39 is 22.9 Å². The first-order valence-electron chi connectivity index (χ1n) is 13.8. The molecule has 0 unspecified atom stereocenters. The van der Waals surface area contributed by atoms with Crippen molar-refractivity contribution in [2.75, 3.05) is 13.7 Å². The van der Waals surface area contributed by atoms with Crippen molar-refractivity contribution in [3.05, 3.63) is 106 Å². The second-order valence-corrected chi connectivity index (χ2v) is 9.78. The molecule has 0 radical (unpaired) electrons. The van der Waals surface area contributed by atoms with Crippen LogP contribution in [0.5, 0.6) is 11.6 Å². The molecule has 10 heteroatoms. The van der Waals surface area contributed by atoms with Crippen molar-refractivity contribution in [2.45, 2.75) is 53.0 Å². The normalized spacial score (nSPS) is 13.3. The molecule has 3 heterocycles. The number of carbonyl (C=O) groups excluding carboxylic acids is 1. The average Bonchev–Trinajstić information content (AvgIpc) is 3.01. The molecule has 0 fully saturated rings. The van der Waals surface area contributed by atoms with Gasteiger partial charge in [0.15, 0.2) is 5.69 Å². The summed E-state index contributed by atoms with van der Waals surface area (Å²) in [6.07, 6.45) is 1.57. The first kappa shape index (κ1) is 30.4. The topological polar surface area (TPSA) is 105 Å². The third-order valence-corrected chi connectivity index (χ3v) is 6.65. The zero-order valence-corrected chi connectivity index (χ0v) is 24.4. The van der Waals surface area contributed by atoms with E-state index in [1.165, 1.54) is 23.8 Å². The van der Waals surface area contributed by atoms with Gasteiger partial charge in [0.05, 0.1) is 20.3 Å². The Bertz CT molecular complexity index is 1590. The summed E-state index contributed by atoms with van der Waals surface area (Å²) in [7, 11) is 1.51. The fourth-order valence-electron chi connectivity index (χ4n) is 4.57. The molecule has 0 saturated carbocycles. The summed E-state index contributed by atoms with van der Waals surface area (Å²) >= 11 is 0. The van der Waals surface area contributed by atoms with Crippen LogP contribution in [-0.4, -0.2) is 34.2 Å². The zero-order valence-electron chi connectivity index (χ0n) is 24.4. The summed E-state index contributed by atoms with van der Waals surface area (Å²) in [5, 5.41) is 2.83. The Morgan fingerprint density at radius 2 is 1.88 bits per heavy atom. The molecule has 1 N–H and O–H groups in total. The predicted molar refractivity (Wildman–Crippen MR) is 157 cm³/mol. The summed E-state index contributed by atoms with van der Waals surface area (Å²) in [4.78, 5) is 35.9. The van der Waals surface area contributed by atoms with Crippen molar-refractivity contribution >= 4 is 5.91 Å². The van der Waals surface area contributed by atoms with Gasteiger partial charge in [-0.2, -0.15) is 0 Å². The highest BCUT2D eigenvalue weighted by molar-refractivity contribution is 5.95. The highest BCUT2D eigenvalue weighted by Gasteiger charge is 2.35. The molecule has 2 aromatic carbocycles. The molecule has 0 bridgehead atoms. The van der Waals surface area contributed by atoms with Gasteiger partial charge in [0.2, 0.25) is 11.6 Å². The molecule has 2 aromatic heterocycles. The van der Waals surface area contributed by atoms with Gasteiger partial charge in [-0.1, -0.05) is 50.2 Å². The summed E-state index contributed by atoms with van der Waals surface area (Å²) in [5.41, 5.74) is 1.23. The Morgan fingerprint density at radius 3 is 2.57 bits per heavy atom. The van der Waals surface area contributed by atoms with Crippen molar-refractivity contribution < 1.29 is 23.4 Å². The molecule has 220 valence electrons. The second-order valence-electron chi connectivity index (χ2n) is 9.78. The number of hydrogen-bond donors (Lipinski definition) is 1. The maximum absolute atomic E-state index is 14.2. The van der Waals surface area contributed by atoms with Crippen LogP contribution in [0, 0.1) is 5.82 Å². The Kier molecular flexibility index (Phi) is 9.69. The molecule has 0 saturated heterocycles. The van der Waals surface area contributed by atoms with Crippen LogP contribution in [0.3, 0.4) is 0 Å². The highest BCUT2D eigenvalue weighted by atomic mass is 19.1. The van der Waals surface area contributed by atoms with Crippen molar-refractivity contribution in [3.8, 4) is 22.8 Å². The number of carbonyl (C=O) groups is 1. The first-order valence-corrected chi connectivity index (χ1v) is 13.8. The summed E-state index contributed by atoms with van der Waals surface area (Å²) in [5.74, 6) is -0.402. The number of nitrogens with one attached hydrogen (secondary N) is 1. The van der Waals surface area contributed by atoms with Crippen LogP contribution in [0.25, 0.3) is 11.1 Å². The van der Waals surface area contributed by atoms with Crippen LogP contribution >= 0.6 is 0 Å². The Labute approximate surface area is 244 Å². The smallest absolute Gasteiger partial charge is 0.296 e. The minimum atomic E-state index is -0.879. The zero-order chi connectivity index (χ0) is 30.3. The summed E-state index contributed by atoms with van der Waals surface area (Å²) < 4.78 is 32.5. The molecule has 0 aliphatic carbocycles. The maximum atomic E-state index is 14.2. The standard InChI is InChI=1S/C30H29FN4O5.C2H6/c1-30(2)29-34-25(26(28(37)35(29)13-14-40-30)39-18-19-7-5-4-6-8-19)27(36)33-17-20-9-11-22(31)15-23(20)21-10-12-24(38-3)32-16-21;1-2/h4-12,15-16H,13-14,17-18H2,1-3H3,(H,33,36);1-2H3. The van der Waals surface area contributed by atoms with Crippen molar-refractivity contribution in [3.63, 3.8) is 0 Å². The highest BCUT2D eigenvalue weighted by Crippen LogP contribution is 2.29. The molecular formula is C32H35FN4O5. The number of fused-ring (bicyclic) bond motifs is 1. The number of aromatic nitrogens is 3. The fraction of sp³-hybridized carbons (Fsp3) is 0.312. The average molecular weight is 575 g/mol. The lowest BCUT2D eigenvalue weighted by Gasteiger charge is -2.32. The first-order chi connectivity index (χ1) is 20.3. The monoisotopic (exact) mass is 574 g/mol. The Morgan fingerprint density at radius 1 is 1.12 bits per heavy atom. The van der Waals surface area contributed by atoms with E-state index in [2.05, 4.69) is 15.3 Å². The minimum Gasteiger partial charge on any atom is -0.481 e. The van der Waals surface area contributed by atoms with Crippen LogP contribution < -0.4 is 20.3 Å². The van der Waals surface area contributed by atoms with Gasteiger partial charge in [0.25, 0.3) is 11.5 Å². The molecule has 1 aliphatic rings. The Hall–Kier alpha value is -4.57. The lowest BCUT2D eigenvalue weighted by Crippen LogP contribution is -2.43. The molecule has 42 heavy (non-hydrogen) atoms. The van der Waals surface area contributed by atoms with Crippen LogP contribution in [-0.2, 0) is 30.0 Å². The Balaban J connectivity index is 0.00000198. The number of ether oxygens (including phenoxy) is 3. The molecule has 4 aromatic rings. The molecule has 1 aliphatic heterocycles. The molecule has 9 nitrogen and oxygen atoms in total.